The zero-order chi connectivity index (χ0) is 15.3. The summed E-state index contributed by atoms with van der Waals surface area (Å²) in [5.74, 6) is -0.0932. The number of hydrogen-bond acceptors (Lipinski definition) is 4. The van der Waals surface area contributed by atoms with Crippen molar-refractivity contribution < 1.29 is 4.79 Å². The highest BCUT2D eigenvalue weighted by Gasteiger charge is 2.34. The molecule has 0 radical (unpaired) electrons. The third-order valence-electron chi connectivity index (χ3n) is 4.94. The lowest BCUT2D eigenvalue weighted by molar-refractivity contribution is -0.123. The van der Waals surface area contributed by atoms with Crippen LogP contribution < -0.4 is 11.1 Å². The number of rotatable bonds is 8. The fourth-order valence-corrected chi connectivity index (χ4v) is 3.18. The second-order valence-corrected chi connectivity index (χ2v) is 6.59. The summed E-state index contributed by atoms with van der Waals surface area (Å²) in [7, 11) is 0. The first-order valence-electron chi connectivity index (χ1n) is 8.29. The smallest absolute Gasteiger partial charge is 0.220 e. The van der Waals surface area contributed by atoms with Crippen molar-refractivity contribution in [1.82, 2.24) is 10.2 Å². The third kappa shape index (κ3) is 4.69. The van der Waals surface area contributed by atoms with Gasteiger partial charge in [-0.2, -0.15) is 5.26 Å². The maximum atomic E-state index is 11.2. The Hall–Kier alpha value is -1.12. The summed E-state index contributed by atoms with van der Waals surface area (Å²) < 4.78 is 0. The molecular weight excluding hydrogens is 264 g/mol. The van der Waals surface area contributed by atoms with E-state index in [0.717, 1.165) is 51.7 Å². The van der Waals surface area contributed by atoms with Gasteiger partial charge in [0.2, 0.25) is 5.91 Å². The summed E-state index contributed by atoms with van der Waals surface area (Å²) in [4.78, 5) is 13.5. The number of nitriles is 1. The van der Waals surface area contributed by atoms with E-state index in [1.165, 1.54) is 12.8 Å². The Morgan fingerprint density at radius 1 is 1.38 bits per heavy atom. The van der Waals surface area contributed by atoms with E-state index < -0.39 is 0 Å². The number of nitrogens with one attached hydrogen (secondary N) is 1. The van der Waals surface area contributed by atoms with Crippen molar-refractivity contribution in [3.05, 3.63) is 0 Å². The Labute approximate surface area is 127 Å². The number of piperidine rings is 1. The zero-order valence-corrected chi connectivity index (χ0v) is 13.1. The van der Waals surface area contributed by atoms with Crippen molar-refractivity contribution in [2.24, 2.45) is 11.7 Å². The molecule has 0 spiro atoms. The molecule has 1 aliphatic heterocycles. The summed E-state index contributed by atoms with van der Waals surface area (Å²) in [6.07, 6.45) is 6.99. The fourth-order valence-electron chi connectivity index (χ4n) is 3.18. The topological polar surface area (TPSA) is 82.2 Å². The van der Waals surface area contributed by atoms with Crippen LogP contribution in [0.5, 0.6) is 0 Å². The van der Waals surface area contributed by atoms with Gasteiger partial charge in [0, 0.05) is 12.0 Å². The fraction of sp³-hybridized carbons (Fsp3) is 0.875. The molecule has 3 N–H and O–H groups in total. The minimum absolute atomic E-state index is 0.0617. The van der Waals surface area contributed by atoms with Gasteiger partial charge in [0.05, 0.1) is 6.07 Å². The molecule has 5 nitrogen and oxygen atoms in total. The van der Waals surface area contributed by atoms with E-state index in [0.29, 0.717) is 6.04 Å². The molecule has 118 valence electrons. The monoisotopic (exact) mass is 292 g/mol. The highest BCUT2D eigenvalue weighted by Crippen LogP contribution is 2.27. The molecule has 21 heavy (non-hydrogen) atoms. The number of nitrogens with zero attached hydrogens (tertiary/aromatic N) is 2. The van der Waals surface area contributed by atoms with Crippen LogP contribution in [0, 0.1) is 17.2 Å². The predicted octanol–water partition coefficient (Wildman–Crippen LogP) is 1.39. The lowest BCUT2D eigenvalue weighted by Gasteiger charge is -2.32. The van der Waals surface area contributed by atoms with Gasteiger partial charge in [-0.05, 0) is 64.6 Å². The van der Waals surface area contributed by atoms with Gasteiger partial charge in [-0.25, -0.2) is 0 Å². The maximum Gasteiger partial charge on any atom is 0.220 e. The first kappa shape index (κ1) is 16.3. The van der Waals surface area contributed by atoms with Crippen molar-refractivity contribution in [2.45, 2.75) is 63.5 Å². The molecule has 1 saturated heterocycles. The molecule has 5 heteroatoms. The number of hydrogen-bond donors (Lipinski definition) is 2. The largest absolute Gasteiger partial charge is 0.369 e. The van der Waals surface area contributed by atoms with Gasteiger partial charge in [-0.15, -0.1) is 0 Å². The van der Waals surface area contributed by atoms with Gasteiger partial charge in [0.25, 0.3) is 0 Å². The minimum atomic E-state index is -0.341. The molecule has 2 aliphatic rings. The van der Waals surface area contributed by atoms with Crippen LogP contribution >= 0.6 is 0 Å². The molecular formula is C16H28N4O. The summed E-state index contributed by atoms with van der Waals surface area (Å²) in [5.41, 5.74) is 5.02. The highest BCUT2D eigenvalue weighted by atomic mass is 16.1. The minimum Gasteiger partial charge on any atom is -0.369 e. The molecule has 2 fully saturated rings. The Morgan fingerprint density at radius 3 is 2.52 bits per heavy atom. The Bertz CT molecular complexity index is 394. The third-order valence-corrected chi connectivity index (χ3v) is 4.94. The van der Waals surface area contributed by atoms with Gasteiger partial charge >= 0.3 is 0 Å². The molecule has 0 aromatic carbocycles. The molecule has 2 rings (SSSR count). The number of likely N-dealkylation sites (tertiary alicyclic amines) is 1. The van der Waals surface area contributed by atoms with E-state index >= 15 is 0 Å². The van der Waals surface area contributed by atoms with Crippen LogP contribution in [-0.4, -0.2) is 42.0 Å². The molecule has 0 aromatic heterocycles. The van der Waals surface area contributed by atoms with Crippen LogP contribution in [0.1, 0.15) is 51.9 Å². The Kier molecular flexibility index (Phi) is 5.60. The van der Waals surface area contributed by atoms with Crippen LogP contribution in [0.4, 0.5) is 0 Å². The van der Waals surface area contributed by atoms with Gasteiger partial charge < -0.3 is 10.6 Å². The van der Waals surface area contributed by atoms with Crippen molar-refractivity contribution in [3.8, 4) is 6.07 Å². The van der Waals surface area contributed by atoms with E-state index in [1.54, 1.807) is 0 Å². The van der Waals surface area contributed by atoms with Crippen molar-refractivity contribution in [3.63, 3.8) is 0 Å². The summed E-state index contributed by atoms with van der Waals surface area (Å²) in [6.45, 7) is 5.02. The SMILES string of the molecule is CCC(C#N)(CCCN1CCC(C(N)=O)CC1)NC1CC1. The van der Waals surface area contributed by atoms with E-state index in [9.17, 15) is 10.1 Å². The van der Waals surface area contributed by atoms with Crippen molar-refractivity contribution >= 4 is 5.91 Å². The molecule has 0 bridgehead atoms. The number of carbonyl (C=O) groups is 1. The lowest BCUT2D eigenvalue weighted by atomic mass is 9.91. The molecule has 1 atom stereocenters. The second kappa shape index (κ2) is 7.24. The zero-order valence-electron chi connectivity index (χ0n) is 13.1. The quantitative estimate of drug-likeness (QED) is 0.708. The standard InChI is InChI=1S/C16H28N4O/c1-2-16(12-17,19-14-4-5-14)8-3-9-20-10-6-13(7-11-20)15(18)21/h13-14,19H,2-11H2,1H3,(H2,18,21). The number of primary amides is 1. The molecule has 1 saturated carbocycles. The Morgan fingerprint density at radius 2 is 2.05 bits per heavy atom. The highest BCUT2D eigenvalue weighted by molar-refractivity contribution is 5.76. The molecule has 1 aliphatic carbocycles. The average Bonchev–Trinajstić information content (AvgIpc) is 3.30. The van der Waals surface area contributed by atoms with Crippen LogP contribution in [0.2, 0.25) is 0 Å². The van der Waals surface area contributed by atoms with E-state index in [4.69, 9.17) is 5.73 Å². The molecule has 1 heterocycles. The summed E-state index contributed by atoms with van der Waals surface area (Å²) >= 11 is 0. The maximum absolute atomic E-state index is 11.2. The van der Waals surface area contributed by atoms with E-state index in [1.807, 2.05) is 0 Å². The van der Waals surface area contributed by atoms with E-state index in [2.05, 4.69) is 23.2 Å². The van der Waals surface area contributed by atoms with Crippen molar-refractivity contribution in [1.29, 1.82) is 5.26 Å². The average molecular weight is 292 g/mol. The second-order valence-electron chi connectivity index (χ2n) is 6.59. The van der Waals surface area contributed by atoms with Crippen LogP contribution in [0.15, 0.2) is 0 Å². The van der Waals surface area contributed by atoms with Crippen molar-refractivity contribution in [2.75, 3.05) is 19.6 Å². The van der Waals surface area contributed by atoms with Gasteiger partial charge in [-0.1, -0.05) is 6.92 Å². The van der Waals surface area contributed by atoms with Gasteiger partial charge in [-0.3, -0.25) is 10.1 Å². The van der Waals surface area contributed by atoms with Gasteiger partial charge in [0.15, 0.2) is 0 Å². The number of nitrogens with two attached hydrogens (primary N) is 1. The van der Waals surface area contributed by atoms with E-state index in [-0.39, 0.29) is 17.4 Å². The van der Waals surface area contributed by atoms with Crippen LogP contribution in [-0.2, 0) is 4.79 Å². The first-order valence-corrected chi connectivity index (χ1v) is 8.29. The predicted molar refractivity (Wildman–Crippen MR) is 82.4 cm³/mol. The number of carbonyl (C=O) groups excluding carboxylic acids is 1. The molecule has 1 unspecified atom stereocenters. The lowest BCUT2D eigenvalue weighted by Crippen LogP contribution is -2.45. The summed E-state index contributed by atoms with van der Waals surface area (Å²) in [6, 6.07) is 3.07. The van der Waals surface area contributed by atoms with Crippen LogP contribution in [0.3, 0.4) is 0 Å². The normalized spacial score (nSPS) is 23.4. The molecule has 0 aromatic rings. The summed E-state index contributed by atoms with van der Waals surface area (Å²) in [5, 5.41) is 13.0. The Balaban J connectivity index is 1.70. The number of amides is 1. The van der Waals surface area contributed by atoms with Gasteiger partial charge in [0.1, 0.15) is 5.54 Å². The first-order chi connectivity index (χ1) is 10.1. The molecule has 1 amide bonds. The van der Waals surface area contributed by atoms with Crippen LogP contribution in [0.25, 0.3) is 0 Å².